The molecule has 20 heavy (non-hydrogen) atoms. The van der Waals surface area contributed by atoms with Crippen molar-refractivity contribution in [3.05, 3.63) is 23.8 Å². The standard InChI is InChI=1S/C13H17NO6/c1-19-10-5-3-4-8(12(10)20-2)7-14-9(13(17)18)6-11(15)16/h3-5,9,14H,6-7H2,1-2H3,(H,15,16)(H,17,18). The summed E-state index contributed by atoms with van der Waals surface area (Å²) in [5.74, 6) is -1.38. The van der Waals surface area contributed by atoms with Gasteiger partial charge in [-0.1, -0.05) is 12.1 Å². The molecule has 0 aliphatic rings. The van der Waals surface area contributed by atoms with Crippen LogP contribution in [0.2, 0.25) is 0 Å². The van der Waals surface area contributed by atoms with Gasteiger partial charge in [0.2, 0.25) is 0 Å². The van der Waals surface area contributed by atoms with Gasteiger partial charge < -0.3 is 19.7 Å². The van der Waals surface area contributed by atoms with Gasteiger partial charge in [-0.25, -0.2) is 0 Å². The highest BCUT2D eigenvalue weighted by Gasteiger charge is 2.21. The molecule has 0 aliphatic carbocycles. The quantitative estimate of drug-likeness (QED) is 0.645. The number of nitrogens with one attached hydrogen (secondary N) is 1. The van der Waals surface area contributed by atoms with Gasteiger partial charge >= 0.3 is 11.9 Å². The van der Waals surface area contributed by atoms with Crippen LogP contribution in [0.4, 0.5) is 0 Å². The fraction of sp³-hybridized carbons (Fsp3) is 0.385. The van der Waals surface area contributed by atoms with Gasteiger partial charge in [-0.2, -0.15) is 0 Å². The van der Waals surface area contributed by atoms with Gasteiger partial charge in [-0.3, -0.25) is 14.9 Å². The minimum Gasteiger partial charge on any atom is -0.493 e. The molecule has 0 saturated heterocycles. The van der Waals surface area contributed by atoms with E-state index in [2.05, 4.69) is 5.32 Å². The Morgan fingerprint density at radius 1 is 1.25 bits per heavy atom. The summed E-state index contributed by atoms with van der Waals surface area (Å²) in [6, 6.07) is 4.04. The number of para-hydroxylation sites is 1. The Morgan fingerprint density at radius 3 is 2.45 bits per heavy atom. The summed E-state index contributed by atoms with van der Waals surface area (Å²) >= 11 is 0. The molecule has 0 fully saturated rings. The molecule has 3 N–H and O–H groups in total. The molecular formula is C13H17NO6. The first-order chi connectivity index (χ1) is 9.49. The second-order valence-corrected chi connectivity index (χ2v) is 4.02. The van der Waals surface area contributed by atoms with Crippen molar-refractivity contribution < 1.29 is 29.3 Å². The van der Waals surface area contributed by atoms with Crippen LogP contribution >= 0.6 is 0 Å². The summed E-state index contributed by atoms with van der Waals surface area (Å²) in [4.78, 5) is 21.6. The Hall–Kier alpha value is -2.28. The average Bonchev–Trinajstić information content (AvgIpc) is 2.42. The Balaban J connectivity index is 2.82. The predicted octanol–water partition coefficient (Wildman–Crippen LogP) is 0.721. The van der Waals surface area contributed by atoms with E-state index in [1.807, 2.05) is 0 Å². The minimum absolute atomic E-state index is 0.157. The van der Waals surface area contributed by atoms with Crippen LogP contribution in [0.15, 0.2) is 18.2 Å². The minimum atomic E-state index is -1.21. The van der Waals surface area contributed by atoms with Crippen molar-refractivity contribution >= 4 is 11.9 Å². The number of ether oxygens (including phenoxy) is 2. The van der Waals surface area contributed by atoms with E-state index in [-0.39, 0.29) is 6.54 Å². The highest BCUT2D eigenvalue weighted by molar-refractivity contribution is 5.80. The molecule has 0 saturated carbocycles. The number of rotatable bonds is 8. The largest absolute Gasteiger partial charge is 0.493 e. The summed E-state index contributed by atoms with van der Waals surface area (Å²) in [5.41, 5.74) is 0.684. The molecular weight excluding hydrogens is 266 g/mol. The van der Waals surface area contributed by atoms with Crippen LogP contribution in [0.1, 0.15) is 12.0 Å². The number of methoxy groups -OCH3 is 2. The monoisotopic (exact) mass is 283 g/mol. The van der Waals surface area contributed by atoms with Crippen molar-refractivity contribution in [1.82, 2.24) is 5.32 Å². The van der Waals surface area contributed by atoms with E-state index in [9.17, 15) is 9.59 Å². The molecule has 1 rings (SSSR count). The van der Waals surface area contributed by atoms with Crippen LogP contribution in [0, 0.1) is 0 Å². The van der Waals surface area contributed by atoms with E-state index in [4.69, 9.17) is 19.7 Å². The first-order valence-electron chi connectivity index (χ1n) is 5.87. The fourth-order valence-electron chi connectivity index (χ4n) is 1.75. The zero-order chi connectivity index (χ0) is 15.1. The molecule has 0 radical (unpaired) electrons. The number of aliphatic carboxylic acids is 2. The van der Waals surface area contributed by atoms with Crippen molar-refractivity contribution in [2.45, 2.75) is 19.0 Å². The van der Waals surface area contributed by atoms with E-state index in [1.54, 1.807) is 18.2 Å². The number of carbonyl (C=O) groups is 2. The van der Waals surface area contributed by atoms with Crippen LogP contribution in [-0.2, 0) is 16.1 Å². The molecule has 7 nitrogen and oxygen atoms in total. The van der Waals surface area contributed by atoms with Crippen molar-refractivity contribution in [3.8, 4) is 11.5 Å². The van der Waals surface area contributed by atoms with Crippen molar-refractivity contribution in [2.24, 2.45) is 0 Å². The average molecular weight is 283 g/mol. The predicted molar refractivity (Wildman–Crippen MR) is 70.1 cm³/mol. The molecule has 7 heteroatoms. The maximum absolute atomic E-state index is 11.0. The molecule has 110 valence electrons. The fourth-order valence-corrected chi connectivity index (χ4v) is 1.75. The lowest BCUT2D eigenvalue weighted by atomic mass is 10.1. The first kappa shape index (κ1) is 15.8. The van der Waals surface area contributed by atoms with E-state index in [1.165, 1.54) is 14.2 Å². The van der Waals surface area contributed by atoms with Gasteiger partial charge in [0.15, 0.2) is 11.5 Å². The smallest absolute Gasteiger partial charge is 0.321 e. The zero-order valence-corrected chi connectivity index (χ0v) is 11.3. The molecule has 0 spiro atoms. The van der Waals surface area contributed by atoms with E-state index >= 15 is 0 Å². The normalized spacial score (nSPS) is 11.7. The summed E-state index contributed by atoms with van der Waals surface area (Å²) in [6.45, 7) is 0.157. The van der Waals surface area contributed by atoms with Gasteiger partial charge in [-0.15, -0.1) is 0 Å². The topological polar surface area (TPSA) is 105 Å². The third-order valence-electron chi connectivity index (χ3n) is 2.70. The van der Waals surface area contributed by atoms with E-state index in [0.717, 1.165) is 0 Å². The first-order valence-corrected chi connectivity index (χ1v) is 5.87. The van der Waals surface area contributed by atoms with Crippen LogP contribution in [0.3, 0.4) is 0 Å². The maximum Gasteiger partial charge on any atom is 0.321 e. The van der Waals surface area contributed by atoms with Crippen LogP contribution in [0.25, 0.3) is 0 Å². The van der Waals surface area contributed by atoms with Crippen molar-refractivity contribution in [1.29, 1.82) is 0 Å². The molecule has 0 amide bonds. The zero-order valence-electron chi connectivity index (χ0n) is 11.3. The molecule has 1 atom stereocenters. The number of carboxylic acid groups (broad SMARTS) is 2. The third-order valence-corrected chi connectivity index (χ3v) is 2.70. The van der Waals surface area contributed by atoms with Gasteiger partial charge in [0.05, 0.1) is 20.6 Å². The Bertz CT molecular complexity index is 488. The number of benzene rings is 1. The van der Waals surface area contributed by atoms with E-state index in [0.29, 0.717) is 17.1 Å². The Labute approximate surface area is 116 Å². The Morgan fingerprint density at radius 2 is 1.95 bits per heavy atom. The number of hydrogen-bond donors (Lipinski definition) is 3. The van der Waals surface area contributed by atoms with Gasteiger partial charge in [0, 0.05) is 12.1 Å². The Kier molecular flexibility index (Phi) is 5.79. The molecule has 0 bridgehead atoms. The second kappa shape index (κ2) is 7.34. The number of hydrogen-bond acceptors (Lipinski definition) is 5. The lowest BCUT2D eigenvalue weighted by molar-refractivity contribution is -0.146. The summed E-state index contributed by atoms with van der Waals surface area (Å²) in [5, 5.41) is 20.3. The third kappa shape index (κ3) is 4.13. The second-order valence-electron chi connectivity index (χ2n) is 4.02. The van der Waals surface area contributed by atoms with Gasteiger partial charge in [0.1, 0.15) is 6.04 Å². The van der Waals surface area contributed by atoms with E-state index < -0.39 is 24.4 Å². The lowest BCUT2D eigenvalue weighted by Crippen LogP contribution is -2.38. The molecule has 0 heterocycles. The number of carboxylic acids is 2. The van der Waals surface area contributed by atoms with Crippen LogP contribution < -0.4 is 14.8 Å². The molecule has 0 aromatic heterocycles. The van der Waals surface area contributed by atoms with Crippen molar-refractivity contribution in [2.75, 3.05) is 14.2 Å². The van der Waals surface area contributed by atoms with Gasteiger partial charge in [0.25, 0.3) is 0 Å². The molecule has 0 aliphatic heterocycles. The maximum atomic E-state index is 11.0. The van der Waals surface area contributed by atoms with Crippen LogP contribution in [0.5, 0.6) is 11.5 Å². The lowest BCUT2D eigenvalue weighted by Gasteiger charge is -2.16. The molecule has 1 aromatic rings. The van der Waals surface area contributed by atoms with Gasteiger partial charge in [-0.05, 0) is 6.07 Å². The summed E-state index contributed by atoms with van der Waals surface area (Å²) in [6.07, 6.45) is -0.498. The van der Waals surface area contributed by atoms with Crippen molar-refractivity contribution in [3.63, 3.8) is 0 Å². The SMILES string of the molecule is COc1cccc(CNC(CC(=O)O)C(=O)O)c1OC. The summed E-state index contributed by atoms with van der Waals surface area (Å²) < 4.78 is 10.3. The summed E-state index contributed by atoms with van der Waals surface area (Å²) in [7, 11) is 2.98. The molecule has 1 unspecified atom stereocenters. The highest BCUT2D eigenvalue weighted by Crippen LogP contribution is 2.30. The molecule has 1 aromatic carbocycles. The van der Waals surface area contributed by atoms with Crippen LogP contribution in [-0.4, -0.2) is 42.4 Å². The highest BCUT2D eigenvalue weighted by atomic mass is 16.5.